The highest BCUT2D eigenvalue weighted by Gasteiger charge is 2.23. The zero-order chi connectivity index (χ0) is 13.8. The van der Waals surface area contributed by atoms with E-state index < -0.39 is 9.84 Å². The molecule has 104 valence electrons. The molecule has 0 fully saturated rings. The molecule has 5 nitrogen and oxygen atoms in total. The lowest BCUT2D eigenvalue weighted by molar-refractivity contribution is 0.598. The summed E-state index contributed by atoms with van der Waals surface area (Å²) in [6, 6.07) is 0. The summed E-state index contributed by atoms with van der Waals surface area (Å²) in [5.41, 5.74) is 5.64. The van der Waals surface area contributed by atoms with Crippen LogP contribution in [0.3, 0.4) is 0 Å². The van der Waals surface area contributed by atoms with Gasteiger partial charge in [-0.05, 0) is 29.5 Å². The first kappa shape index (κ1) is 15.6. The fourth-order valence-corrected chi connectivity index (χ4v) is 4.32. The molecular formula is C10H19N3O2S3. The van der Waals surface area contributed by atoms with Gasteiger partial charge in [-0.25, -0.2) is 8.42 Å². The molecule has 0 amide bonds. The van der Waals surface area contributed by atoms with Gasteiger partial charge in [-0.3, -0.25) is 0 Å². The summed E-state index contributed by atoms with van der Waals surface area (Å²) < 4.78 is 27.8. The van der Waals surface area contributed by atoms with Crippen LogP contribution in [0.25, 0.3) is 0 Å². The van der Waals surface area contributed by atoms with E-state index in [0.29, 0.717) is 17.5 Å². The molecule has 1 heterocycles. The molecule has 1 atom stereocenters. The van der Waals surface area contributed by atoms with Crippen LogP contribution in [0.1, 0.15) is 13.8 Å². The zero-order valence-electron chi connectivity index (χ0n) is 10.8. The Morgan fingerprint density at radius 2 is 2.22 bits per heavy atom. The van der Waals surface area contributed by atoms with Gasteiger partial charge >= 0.3 is 0 Å². The lowest BCUT2D eigenvalue weighted by Gasteiger charge is -2.12. The molecule has 0 radical (unpaired) electrons. The molecule has 0 aromatic carbocycles. The number of anilines is 2. The third kappa shape index (κ3) is 3.76. The minimum absolute atomic E-state index is 0.0324. The van der Waals surface area contributed by atoms with E-state index in [0.717, 1.165) is 17.3 Å². The molecule has 0 aliphatic heterocycles. The molecule has 0 saturated carbocycles. The van der Waals surface area contributed by atoms with Crippen molar-refractivity contribution in [3.63, 3.8) is 0 Å². The van der Waals surface area contributed by atoms with Gasteiger partial charge in [0.2, 0.25) is 0 Å². The lowest BCUT2D eigenvalue weighted by atomic mass is 10.2. The summed E-state index contributed by atoms with van der Waals surface area (Å²) in [5, 5.41) is 3.70. The van der Waals surface area contributed by atoms with E-state index in [1.165, 1.54) is 0 Å². The van der Waals surface area contributed by atoms with Crippen LogP contribution < -0.4 is 11.1 Å². The molecule has 18 heavy (non-hydrogen) atoms. The summed E-state index contributed by atoms with van der Waals surface area (Å²) in [5.74, 6) is 1.62. The van der Waals surface area contributed by atoms with E-state index in [9.17, 15) is 8.42 Å². The van der Waals surface area contributed by atoms with Crippen LogP contribution in [0.15, 0.2) is 4.90 Å². The number of aromatic nitrogens is 1. The van der Waals surface area contributed by atoms with E-state index in [2.05, 4.69) is 16.6 Å². The van der Waals surface area contributed by atoms with Gasteiger partial charge in [0, 0.05) is 6.54 Å². The second kappa shape index (κ2) is 6.63. The van der Waals surface area contributed by atoms with Crippen molar-refractivity contribution in [1.29, 1.82) is 0 Å². The first-order valence-electron chi connectivity index (χ1n) is 5.63. The molecule has 1 aromatic rings. The average molecular weight is 309 g/mol. The molecule has 0 saturated heterocycles. The van der Waals surface area contributed by atoms with Crippen molar-refractivity contribution in [2.24, 2.45) is 5.92 Å². The van der Waals surface area contributed by atoms with Gasteiger partial charge in [-0.1, -0.05) is 13.8 Å². The van der Waals surface area contributed by atoms with Crippen LogP contribution >= 0.6 is 23.3 Å². The van der Waals surface area contributed by atoms with E-state index in [1.807, 2.05) is 6.26 Å². The Labute approximate surface area is 117 Å². The van der Waals surface area contributed by atoms with Crippen LogP contribution in [0.2, 0.25) is 0 Å². The minimum atomic E-state index is -3.32. The van der Waals surface area contributed by atoms with Gasteiger partial charge in [0.05, 0.1) is 5.75 Å². The van der Waals surface area contributed by atoms with Crippen LogP contribution in [0.5, 0.6) is 0 Å². The number of hydrogen-bond donors (Lipinski definition) is 2. The van der Waals surface area contributed by atoms with Crippen molar-refractivity contribution in [3.05, 3.63) is 0 Å². The smallest absolute Gasteiger partial charge is 0.184 e. The fourth-order valence-electron chi connectivity index (χ4n) is 1.46. The fraction of sp³-hybridized carbons (Fsp3) is 0.700. The Kier molecular flexibility index (Phi) is 5.74. The van der Waals surface area contributed by atoms with Crippen LogP contribution in [-0.4, -0.2) is 37.1 Å². The molecule has 1 unspecified atom stereocenters. The van der Waals surface area contributed by atoms with Crippen molar-refractivity contribution in [2.75, 3.05) is 35.4 Å². The number of nitrogen functional groups attached to an aromatic ring is 1. The van der Waals surface area contributed by atoms with Crippen LogP contribution in [-0.2, 0) is 9.84 Å². The molecule has 0 aliphatic rings. The summed E-state index contributed by atoms with van der Waals surface area (Å²) in [6.07, 6.45) is 2.05. The van der Waals surface area contributed by atoms with E-state index in [-0.39, 0.29) is 16.5 Å². The highest BCUT2D eigenvalue weighted by molar-refractivity contribution is 7.98. The number of nitrogens with zero attached hydrogens (tertiary/aromatic N) is 1. The number of hydrogen-bond acceptors (Lipinski definition) is 7. The molecule has 3 N–H and O–H groups in total. The monoisotopic (exact) mass is 309 g/mol. The highest BCUT2D eigenvalue weighted by atomic mass is 32.2. The standard InChI is InChI=1S/C10H19N3O2S3/c1-4-18(14,15)8-9(11)13-17-10(8)12-5-7(2)6-16-3/h7,12H,4-6H2,1-3H3,(H2,11,13). The molecular weight excluding hydrogens is 290 g/mol. The second-order valence-corrected chi connectivity index (χ2v) is 7.97. The van der Waals surface area contributed by atoms with Crippen LogP contribution in [0, 0.1) is 5.92 Å². The number of sulfone groups is 1. The topological polar surface area (TPSA) is 85.1 Å². The second-order valence-electron chi connectivity index (χ2n) is 4.07. The largest absolute Gasteiger partial charge is 0.382 e. The van der Waals surface area contributed by atoms with Gasteiger partial charge < -0.3 is 11.1 Å². The third-order valence-corrected chi connectivity index (χ3v) is 6.07. The molecule has 0 bridgehead atoms. The van der Waals surface area contributed by atoms with Crippen molar-refractivity contribution in [3.8, 4) is 0 Å². The molecule has 1 aromatic heterocycles. The maximum absolute atomic E-state index is 11.9. The van der Waals surface area contributed by atoms with Crippen molar-refractivity contribution < 1.29 is 8.42 Å². The Balaban J connectivity index is 2.85. The molecule has 8 heteroatoms. The number of nitrogens with one attached hydrogen (secondary N) is 1. The predicted octanol–water partition coefficient (Wildman–Crippen LogP) is 1.93. The average Bonchev–Trinajstić information content (AvgIpc) is 2.69. The van der Waals surface area contributed by atoms with E-state index in [4.69, 9.17) is 5.73 Å². The maximum Gasteiger partial charge on any atom is 0.184 e. The van der Waals surface area contributed by atoms with E-state index >= 15 is 0 Å². The van der Waals surface area contributed by atoms with E-state index in [1.54, 1.807) is 18.7 Å². The molecule has 1 rings (SSSR count). The van der Waals surface area contributed by atoms with Gasteiger partial charge in [0.25, 0.3) is 0 Å². The Morgan fingerprint density at radius 3 is 2.78 bits per heavy atom. The normalized spacial score (nSPS) is 13.5. The maximum atomic E-state index is 11.9. The van der Waals surface area contributed by atoms with Gasteiger partial charge in [-0.15, -0.1) is 0 Å². The van der Waals surface area contributed by atoms with Crippen molar-refractivity contribution in [2.45, 2.75) is 18.7 Å². The summed E-state index contributed by atoms with van der Waals surface area (Å²) in [6.45, 7) is 4.43. The summed E-state index contributed by atoms with van der Waals surface area (Å²) in [7, 11) is -3.32. The first-order valence-corrected chi connectivity index (χ1v) is 9.45. The highest BCUT2D eigenvalue weighted by Crippen LogP contribution is 2.32. The Morgan fingerprint density at radius 1 is 1.56 bits per heavy atom. The lowest BCUT2D eigenvalue weighted by Crippen LogP contribution is -2.15. The van der Waals surface area contributed by atoms with Crippen molar-refractivity contribution in [1.82, 2.24) is 4.37 Å². The number of rotatable bonds is 7. The number of nitrogens with two attached hydrogens (primary N) is 1. The molecule has 0 spiro atoms. The Bertz CT molecular complexity index is 485. The van der Waals surface area contributed by atoms with Gasteiger partial charge in [0.15, 0.2) is 15.7 Å². The van der Waals surface area contributed by atoms with Crippen LogP contribution in [0.4, 0.5) is 10.8 Å². The number of thioether (sulfide) groups is 1. The zero-order valence-corrected chi connectivity index (χ0v) is 13.2. The quantitative estimate of drug-likeness (QED) is 0.800. The third-order valence-electron chi connectivity index (χ3n) is 2.43. The summed E-state index contributed by atoms with van der Waals surface area (Å²) >= 11 is 2.88. The minimum Gasteiger partial charge on any atom is -0.382 e. The Hall–Kier alpha value is -0.470. The van der Waals surface area contributed by atoms with Gasteiger partial charge in [-0.2, -0.15) is 16.1 Å². The summed E-state index contributed by atoms with van der Waals surface area (Å²) in [4.78, 5) is 0.159. The first-order chi connectivity index (χ1) is 8.42. The SMILES string of the molecule is CCS(=O)(=O)c1c(N)nsc1NCC(C)CSC. The van der Waals surface area contributed by atoms with Gasteiger partial charge in [0.1, 0.15) is 9.90 Å². The van der Waals surface area contributed by atoms with Crippen molar-refractivity contribution >= 4 is 44.0 Å². The molecule has 0 aliphatic carbocycles. The predicted molar refractivity (Wildman–Crippen MR) is 80.3 cm³/mol.